The van der Waals surface area contributed by atoms with Gasteiger partial charge >= 0.3 is 31.1 Å². The first kappa shape index (κ1) is 24.4. The second-order valence-electron chi connectivity index (χ2n) is 6.39. The van der Waals surface area contributed by atoms with E-state index in [1.165, 1.54) is 36.6 Å². The van der Waals surface area contributed by atoms with E-state index in [1.54, 1.807) is 0 Å². The summed E-state index contributed by atoms with van der Waals surface area (Å²) in [6.45, 7) is 0. The van der Waals surface area contributed by atoms with Crippen molar-refractivity contribution in [1.29, 1.82) is 0 Å². The fourth-order valence-corrected chi connectivity index (χ4v) is 4.01. The molecule has 14 heteroatoms. The summed E-state index contributed by atoms with van der Waals surface area (Å²) < 4.78 is 109. The van der Waals surface area contributed by atoms with Crippen LogP contribution in [-0.4, -0.2) is 59.5 Å². The molecule has 0 aromatic rings. The Morgan fingerprint density at radius 3 is 1.28 bits per heavy atom. The standard InChI is InChI=1S/C9H20N.C2HF6NO4S2/c1-10(2,3)9-7-5-4-6-8-9;3-1(4,5)14(10,11)9-15(12,13)2(6,7)8/h9H,4-8H2,1-3H3;9H/q+1;. The Labute approximate surface area is 142 Å². The number of hydrogen-bond donors (Lipinski definition) is 1. The van der Waals surface area contributed by atoms with Crippen LogP contribution in [0.5, 0.6) is 0 Å². The Morgan fingerprint density at radius 1 is 0.760 bits per heavy atom. The molecule has 1 rings (SSSR count). The minimum Gasteiger partial charge on any atom is -0.328 e. The number of nitrogens with zero attached hydrogens (tertiary/aromatic N) is 1. The quantitative estimate of drug-likeness (QED) is 0.558. The summed E-state index contributed by atoms with van der Waals surface area (Å²) >= 11 is 0. The van der Waals surface area contributed by atoms with E-state index < -0.39 is 35.2 Å². The van der Waals surface area contributed by atoms with E-state index in [-0.39, 0.29) is 0 Å². The van der Waals surface area contributed by atoms with Crippen molar-refractivity contribution in [2.45, 2.75) is 49.2 Å². The van der Waals surface area contributed by atoms with Gasteiger partial charge in [0.05, 0.1) is 27.2 Å². The van der Waals surface area contributed by atoms with Crippen LogP contribution in [0.1, 0.15) is 32.1 Å². The number of alkyl halides is 6. The summed E-state index contributed by atoms with van der Waals surface area (Å²) in [7, 11) is -6.25. The largest absolute Gasteiger partial charge is 0.512 e. The van der Waals surface area contributed by atoms with Crippen LogP contribution >= 0.6 is 0 Å². The van der Waals surface area contributed by atoms with E-state index in [2.05, 4.69) is 21.1 Å². The van der Waals surface area contributed by atoms with E-state index in [1.807, 2.05) is 0 Å². The van der Waals surface area contributed by atoms with Crippen LogP contribution in [0.4, 0.5) is 26.3 Å². The van der Waals surface area contributed by atoms with Gasteiger partial charge in [0, 0.05) is 0 Å². The van der Waals surface area contributed by atoms with Gasteiger partial charge in [-0.1, -0.05) is 10.5 Å². The van der Waals surface area contributed by atoms with Crippen molar-refractivity contribution < 1.29 is 47.7 Å². The second-order valence-corrected chi connectivity index (χ2v) is 10.00. The molecular formula is C11H21F6N2O4S2+. The van der Waals surface area contributed by atoms with Gasteiger partial charge in [0.25, 0.3) is 0 Å². The van der Waals surface area contributed by atoms with Gasteiger partial charge in [-0.15, -0.1) is 0 Å². The lowest BCUT2D eigenvalue weighted by molar-refractivity contribution is -0.897. The number of rotatable bonds is 3. The van der Waals surface area contributed by atoms with Crippen molar-refractivity contribution >= 4 is 20.0 Å². The van der Waals surface area contributed by atoms with Crippen LogP contribution in [0.15, 0.2) is 0 Å². The van der Waals surface area contributed by atoms with Crippen LogP contribution in [-0.2, 0) is 20.0 Å². The molecule has 0 heterocycles. The summed E-state index contributed by atoms with van der Waals surface area (Å²) in [5, 5.41) is 0. The summed E-state index contributed by atoms with van der Waals surface area (Å²) in [6.07, 6.45) is 7.28. The average molecular weight is 423 g/mol. The molecule has 1 saturated carbocycles. The van der Waals surface area contributed by atoms with Crippen LogP contribution in [0, 0.1) is 0 Å². The zero-order valence-electron chi connectivity index (χ0n) is 13.8. The molecule has 0 aromatic carbocycles. The fourth-order valence-electron chi connectivity index (χ4n) is 2.09. The monoisotopic (exact) mass is 423 g/mol. The molecule has 1 fully saturated rings. The van der Waals surface area contributed by atoms with Crippen molar-refractivity contribution in [3.8, 4) is 0 Å². The lowest BCUT2D eigenvalue weighted by atomic mass is 9.94. The van der Waals surface area contributed by atoms with Crippen molar-refractivity contribution in [1.82, 2.24) is 4.13 Å². The van der Waals surface area contributed by atoms with Crippen LogP contribution in [0.2, 0.25) is 0 Å². The normalized spacial score (nSPS) is 18.4. The lowest BCUT2D eigenvalue weighted by Gasteiger charge is -2.36. The lowest BCUT2D eigenvalue weighted by Crippen LogP contribution is -2.45. The average Bonchev–Trinajstić information content (AvgIpc) is 2.35. The van der Waals surface area contributed by atoms with Crippen molar-refractivity contribution in [3.63, 3.8) is 0 Å². The minimum atomic E-state index is -6.60. The first-order valence-electron chi connectivity index (χ1n) is 7.03. The highest BCUT2D eigenvalue weighted by Crippen LogP contribution is 2.27. The third-order valence-corrected chi connectivity index (χ3v) is 6.47. The smallest absolute Gasteiger partial charge is 0.328 e. The Bertz CT molecular complexity index is 587. The summed E-state index contributed by atoms with van der Waals surface area (Å²) in [6, 6.07) is 0.939. The van der Waals surface area contributed by atoms with Gasteiger partial charge in [-0.2, -0.15) is 26.3 Å². The molecule has 0 radical (unpaired) electrons. The maximum absolute atomic E-state index is 11.5. The van der Waals surface area contributed by atoms with E-state index in [0.717, 1.165) is 6.04 Å². The molecule has 1 aliphatic carbocycles. The molecule has 0 spiro atoms. The van der Waals surface area contributed by atoms with Crippen molar-refractivity contribution in [2.75, 3.05) is 21.1 Å². The molecule has 152 valence electrons. The molecule has 0 saturated heterocycles. The number of nitrogens with one attached hydrogen (secondary N) is 1. The van der Waals surface area contributed by atoms with Crippen LogP contribution < -0.4 is 4.13 Å². The van der Waals surface area contributed by atoms with E-state index >= 15 is 0 Å². The molecule has 0 aliphatic heterocycles. The molecule has 0 amide bonds. The van der Waals surface area contributed by atoms with Crippen LogP contribution in [0.25, 0.3) is 0 Å². The number of quaternary nitrogens is 1. The van der Waals surface area contributed by atoms with Crippen LogP contribution in [0.3, 0.4) is 0 Å². The Morgan fingerprint density at radius 2 is 1.08 bits per heavy atom. The van der Waals surface area contributed by atoms with Gasteiger partial charge in [-0.3, -0.25) is 0 Å². The Kier molecular flexibility index (Phi) is 7.77. The molecule has 0 bridgehead atoms. The molecule has 6 nitrogen and oxygen atoms in total. The van der Waals surface area contributed by atoms with Crippen molar-refractivity contribution in [2.24, 2.45) is 0 Å². The second kappa shape index (κ2) is 7.96. The first-order chi connectivity index (χ1) is 10.8. The van der Waals surface area contributed by atoms with Gasteiger partial charge in [-0.05, 0) is 25.7 Å². The molecule has 0 unspecified atom stereocenters. The highest BCUT2D eigenvalue weighted by molar-refractivity contribution is 8.05. The molecular weight excluding hydrogens is 402 g/mol. The highest BCUT2D eigenvalue weighted by atomic mass is 32.3. The van der Waals surface area contributed by atoms with Gasteiger partial charge in [0.15, 0.2) is 0 Å². The van der Waals surface area contributed by atoms with Gasteiger partial charge < -0.3 is 4.48 Å². The summed E-state index contributed by atoms with van der Waals surface area (Å²) in [5.74, 6) is 0. The maximum atomic E-state index is 11.5. The Balaban J connectivity index is 0.000000496. The zero-order valence-corrected chi connectivity index (χ0v) is 15.4. The van der Waals surface area contributed by atoms with E-state index in [4.69, 9.17) is 0 Å². The fraction of sp³-hybridized carbons (Fsp3) is 1.00. The molecule has 0 atom stereocenters. The zero-order chi connectivity index (χ0) is 20.3. The Hall–Kier alpha value is -0.600. The topological polar surface area (TPSA) is 80.3 Å². The van der Waals surface area contributed by atoms with Gasteiger partial charge in [-0.25, -0.2) is 16.8 Å². The predicted molar refractivity (Wildman–Crippen MR) is 78.0 cm³/mol. The molecule has 1 aliphatic rings. The van der Waals surface area contributed by atoms with Gasteiger partial charge in [0.2, 0.25) is 0 Å². The molecule has 1 N–H and O–H groups in total. The minimum absolute atomic E-state index is 0.493. The van der Waals surface area contributed by atoms with E-state index in [0.29, 0.717) is 0 Å². The SMILES string of the molecule is C[N+](C)(C)C1CCCCC1.O=S(=O)(NS(=O)(=O)C(F)(F)F)C(F)(F)F. The molecule has 0 aromatic heterocycles. The van der Waals surface area contributed by atoms with Gasteiger partial charge in [0.1, 0.15) is 0 Å². The number of sulfonamides is 2. The summed E-state index contributed by atoms with van der Waals surface area (Å²) in [5.41, 5.74) is -12.3. The predicted octanol–water partition coefficient (Wildman–Crippen LogP) is 2.30. The third-order valence-electron chi connectivity index (χ3n) is 3.50. The van der Waals surface area contributed by atoms with Crippen molar-refractivity contribution in [3.05, 3.63) is 0 Å². The third kappa shape index (κ3) is 7.66. The highest BCUT2D eigenvalue weighted by Gasteiger charge is 2.55. The number of halogens is 6. The number of hydrogen-bond acceptors (Lipinski definition) is 4. The maximum Gasteiger partial charge on any atom is 0.512 e. The summed E-state index contributed by atoms with van der Waals surface area (Å²) in [4.78, 5) is 0. The van der Waals surface area contributed by atoms with E-state index in [9.17, 15) is 43.2 Å². The first-order valence-corrected chi connectivity index (χ1v) is 10.00. The molecule has 25 heavy (non-hydrogen) atoms.